The summed E-state index contributed by atoms with van der Waals surface area (Å²) in [6.45, 7) is 3.21. The lowest BCUT2D eigenvalue weighted by molar-refractivity contribution is 0.149. The van der Waals surface area contributed by atoms with Crippen LogP contribution in [0.5, 0.6) is 0 Å². The average molecular weight is 218 g/mol. The third-order valence-corrected chi connectivity index (χ3v) is 2.44. The third-order valence-electron chi connectivity index (χ3n) is 2.11. The van der Waals surface area contributed by atoms with E-state index in [1.54, 1.807) is 26.0 Å². The van der Waals surface area contributed by atoms with E-state index in [1.807, 2.05) is 0 Å². The van der Waals surface area contributed by atoms with Crippen LogP contribution in [0.3, 0.4) is 0 Å². The lowest BCUT2D eigenvalue weighted by Gasteiger charge is -2.17. The van der Waals surface area contributed by atoms with Crippen LogP contribution in [0.25, 0.3) is 0 Å². The fourth-order valence-corrected chi connectivity index (χ4v) is 1.47. The van der Waals surface area contributed by atoms with Gasteiger partial charge in [-0.15, -0.1) is 0 Å². The predicted octanol–water partition coefficient (Wildman–Crippen LogP) is 2.17. The third kappa shape index (κ3) is 2.05. The van der Waals surface area contributed by atoms with Crippen LogP contribution in [0, 0.1) is 12.7 Å². The first-order chi connectivity index (χ1) is 6.45. The maximum atomic E-state index is 13.6. The molecule has 1 aromatic rings. The molecule has 0 saturated carbocycles. The minimum atomic E-state index is -1.07. The van der Waals surface area contributed by atoms with Crippen molar-refractivity contribution in [2.24, 2.45) is 5.73 Å². The predicted molar refractivity (Wildman–Crippen MR) is 54.8 cm³/mol. The molecule has 2 atom stereocenters. The first-order valence-corrected chi connectivity index (χ1v) is 4.71. The van der Waals surface area contributed by atoms with Gasteiger partial charge in [0.2, 0.25) is 0 Å². The lowest BCUT2D eigenvalue weighted by Crippen LogP contribution is -2.25. The highest BCUT2D eigenvalue weighted by Crippen LogP contribution is 2.29. The van der Waals surface area contributed by atoms with Crippen LogP contribution in [0.15, 0.2) is 12.1 Å². The molecule has 14 heavy (non-hydrogen) atoms. The molecule has 78 valence electrons. The van der Waals surface area contributed by atoms with Crippen LogP contribution in [0.1, 0.15) is 24.2 Å². The second kappa shape index (κ2) is 4.26. The molecule has 0 aliphatic carbocycles. The van der Waals surface area contributed by atoms with E-state index >= 15 is 0 Å². The van der Waals surface area contributed by atoms with E-state index in [9.17, 15) is 9.50 Å². The summed E-state index contributed by atoms with van der Waals surface area (Å²) in [6.07, 6.45) is -1.07. The number of aliphatic hydroxyl groups is 1. The van der Waals surface area contributed by atoms with E-state index in [0.29, 0.717) is 5.56 Å². The van der Waals surface area contributed by atoms with Gasteiger partial charge in [-0.05, 0) is 25.5 Å². The van der Waals surface area contributed by atoms with Crippen molar-refractivity contribution in [1.82, 2.24) is 0 Å². The van der Waals surface area contributed by atoms with Crippen molar-refractivity contribution in [2.75, 3.05) is 0 Å². The zero-order valence-corrected chi connectivity index (χ0v) is 8.85. The van der Waals surface area contributed by atoms with Gasteiger partial charge in [0.15, 0.2) is 0 Å². The number of hydrogen-bond acceptors (Lipinski definition) is 2. The molecule has 3 N–H and O–H groups in total. The SMILES string of the molecule is Cc1ccc(Cl)c(C(O)C(C)N)c1F. The standard InChI is InChI=1S/C10H13ClFNO/c1-5-3-4-7(11)8(9(5)12)10(14)6(2)13/h3-4,6,10,14H,13H2,1-2H3. The van der Waals surface area contributed by atoms with Crippen molar-refractivity contribution in [3.8, 4) is 0 Å². The van der Waals surface area contributed by atoms with Gasteiger partial charge in [0.1, 0.15) is 5.82 Å². The maximum Gasteiger partial charge on any atom is 0.133 e. The Morgan fingerprint density at radius 1 is 1.50 bits per heavy atom. The van der Waals surface area contributed by atoms with E-state index < -0.39 is 18.0 Å². The van der Waals surface area contributed by atoms with Crippen LogP contribution in [0.4, 0.5) is 4.39 Å². The Bertz CT molecular complexity index is 341. The Kier molecular flexibility index (Phi) is 3.48. The van der Waals surface area contributed by atoms with Crippen LogP contribution < -0.4 is 5.73 Å². The summed E-state index contributed by atoms with van der Waals surface area (Å²) < 4.78 is 13.6. The molecule has 0 aliphatic rings. The van der Waals surface area contributed by atoms with E-state index in [2.05, 4.69) is 0 Å². The van der Waals surface area contributed by atoms with Crippen LogP contribution in [0.2, 0.25) is 5.02 Å². The number of nitrogens with two attached hydrogens (primary N) is 1. The zero-order valence-electron chi connectivity index (χ0n) is 8.09. The summed E-state index contributed by atoms with van der Waals surface area (Å²) in [5.74, 6) is -0.484. The number of halogens is 2. The quantitative estimate of drug-likeness (QED) is 0.798. The highest BCUT2D eigenvalue weighted by atomic mass is 35.5. The highest BCUT2D eigenvalue weighted by Gasteiger charge is 2.21. The minimum absolute atomic E-state index is 0.0849. The minimum Gasteiger partial charge on any atom is -0.387 e. The molecule has 0 spiro atoms. The molecule has 4 heteroatoms. The fourth-order valence-electron chi connectivity index (χ4n) is 1.21. The molecule has 1 rings (SSSR count). The number of aryl methyl sites for hydroxylation is 1. The van der Waals surface area contributed by atoms with Crippen molar-refractivity contribution in [3.63, 3.8) is 0 Å². The van der Waals surface area contributed by atoms with Crippen molar-refractivity contribution in [2.45, 2.75) is 26.0 Å². The molecule has 0 aliphatic heterocycles. The molecule has 0 bridgehead atoms. The van der Waals surface area contributed by atoms with Gasteiger partial charge in [-0.1, -0.05) is 17.7 Å². The Hall–Kier alpha value is -0.640. The monoisotopic (exact) mass is 217 g/mol. The van der Waals surface area contributed by atoms with Crippen molar-refractivity contribution in [3.05, 3.63) is 34.1 Å². The average Bonchev–Trinajstić information content (AvgIpc) is 2.12. The van der Waals surface area contributed by atoms with Gasteiger partial charge in [0.25, 0.3) is 0 Å². The molecular weight excluding hydrogens is 205 g/mol. The molecule has 0 radical (unpaired) electrons. The number of hydrogen-bond donors (Lipinski definition) is 2. The second-order valence-electron chi connectivity index (χ2n) is 3.40. The van der Waals surface area contributed by atoms with Gasteiger partial charge < -0.3 is 10.8 Å². The van der Waals surface area contributed by atoms with Gasteiger partial charge in [-0.2, -0.15) is 0 Å². The lowest BCUT2D eigenvalue weighted by atomic mass is 10.0. The molecule has 0 saturated heterocycles. The van der Waals surface area contributed by atoms with Gasteiger partial charge >= 0.3 is 0 Å². The smallest absolute Gasteiger partial charge is 0.133 e. The zero-order chi connectivity index (χ0) is 10.9. The molecule has 2 nitrogen and oxygen atoms in total. The van der Waals surface area contributed by atoms with E-state index in [0.717, 1.165) is 0 Å². The van der Waals surface area contributed by atoms with Crippen LogP contribution in [-0.2, 0) is 0 Å². The number of rotatable bonds is 2. The second-order valence-corrected chi connectivity index (χ2v) is 3.80. The highest BCUT2D eigenvalue weighted by molar-refractivity contribution is 6.31. The normalized spacial score (nSPS) is 15.3. The first kappa shape index (κ1) is 11.4. The molecule has 1 aromatic carbocycles. The molecule has 0 aromatic heterocycles. The topological polar surface area (TPSA) is 46.2 Å². The first-order valence-electron chi connectivity index (χ1n) is 4.33. The van der Waals surface area contributed by atoms with Gasteiger partial charge in [-0.25, -0.2) is 4.39 Å². The summed E-state index contributed by atoms with van der Waals surface area (Å²) in [7, 11) is 0. The summed E-state index contributed by atoms with van der Waals surface area (Å²) in [5, 5.41) is 9.84. The molecular formula is C10H13ClFNO. The summed E-state index contributed by atoms with van der Waals surface area (Å²) in [6, 6.07) is 2.57. The van der Waals surface area contributed by atoms with Crippen LogP contribution >= 0.6 is 11.6 Å². The van der Waals surface area contributed by atoms with Gasteiger partial charge in [0, 0.05) is 16.6 Å². The largest absolute Gasteiger partial charge is 0.387 e. The molecule has 2 unspecified atom stereocenters. The Morgan fingerprint density at radius 2 is 2.07 bits per heavy atom. The van der Waals surface area contributed by atoms with Crippen LogP contribution in [-0.4, -0.2) is 11.1 Å². The Balaban J connectivity index is 3.25. The summed E-state index contributed by atoms with van der Waals surface area (Å²) >= 11 is 5.78. The number of aliphatic hydroxyl groups excluding tert-OH is 1. The summed E-state index contributed by atoms with van der Waals surface area (Å²) in [5.41, 5.74) is 6.01. The van der Waals surface area contributed by atoms with Crippen molar-refractivity contribution < 1.29 is 9.50 Å². The molecule has 0 fully saturated rings. The van der Waals surface area contributed by atoms with E-state index in [-0.39, 0.29) is 10.6 Å². The maximum absolute atomic E-state index is 13.6. The van der Waals surface area contributed by atoms with Crippen molar-refractivity contribution in [1.29, 1.82) is 0 Å². The molecule has 0 amide bonds. The van der Waals surface area contributed by atoms with Gasteiger partial charge in [0.05, 0.1) is 6.10 Å². The Labute approximate surface area is 87.5 Å². The van der Waals surface area contributed by atoms with E-state index in [1.165, 1.54) is 0 Å². The Morgan fingerprint density at radius 3 is 2.57 bits per heavy atom. The van der Waals surface area contributed by atoms with E-state index in [4.69, 9.17) is 17.3 Å². The van der Waals surface area contributed by atoms with Gasteiger partial charge in [-0.3, -0.25) is 0 Å². The summed E-state index contributed by atoms with van der Waals surface area (Å²) in [4.78, 5) is 0. The number of benzene rings is 1. The fraction of sp³-hybridized carbons (Fsp3) is 0.400. The van der Waals surface area contributed by atoms with Crippen molar-refractivity contribution >= 4 is 11.6 Å². The molecule has 0 heterocycles.